The van der Waals surface area contributed by atoms with Crippen molar-refractivity contribution in [3.8, 4) is 6.01 Å². The molecule has 5 rings (SSSR count). The number of ether oxygens (including phenoxy) is 1. The van der Waals surface area contributed by atoms with Crippen molar-refractivity contribution in [2.24, 2.45) is 0 Å². The molecular weight excluding hydrogens is 412 g/mol. The monoisotopic (exact) mass is 440 g/mol. The van der Waals surface area contributed by atoms with Gasteiger partial charge in [-0.2, -0.15) is 15.0 Å². The van der Waals surface area contributed by atoms with Gasteiger partial charge in [-0.1, -0.05) is 12.8 Å². The van der Waals surface area contributed by atoms with Gasteiger partial charge in [0.05, 0.1) is 12.5 Å². The highest BCUT2D eigenvalue weighted by molar-refractivity contribution is 7.18. The van der Waals surface area contributed by atoms with Crippen LogP contribution in [0.15, 0.2) is 12.4 Å². The van der Waals surface area contributed by atoms with Gasteiger partial charge in [0, 0.05) is 44.1 Å². The Balaban J connectivity index is 1.34. The predicted octanol–water partition coefficient (Wildman–Crippen LogP) is 2.90. The minimum absolute atomic E-state index is 0.387. The molecule has 0 bridgehead atoms. The number of fused-ring (bicyclic) bond motifs is 1. The highest BCUT2D eigenvalue weighted by atomic mass is 32.1. The Morgan fingerprint density at radius 2 is 1.45 bits per heavy atom. The summed E-state index contributed by atoms with van der Waals surface area (Å²) in [4.78, 5) is 32.1. The standard InChI is InChI=1S/C21H28N8OS/c1-15-13-16-17(22-14-23-18(16)31-15)27-9-11-29(12-10-27)20-24-19(25-21(26-20)30-2)28-7-5-3-4-6-8-28/h13-14H,3-12H2,1-2H3. The number of hydrogen-bond donors (Lipinski definition) is 0. The minimum atomic E-state index is 0.387. The van der Waals surface area contributed by atoms with E-state index in [9.17, 15) is 0 Å². The Kier molecular flexibility index (Phi) is 5.71. The summed E-state index contributed by atoms with van der Waals surface area (Å²) in [5, 5.41) is 1.14. The van der Waals surface area contributed by atoms with Crippen LogP contribution in [0, 0.1) is 6.92 Å². The first-order valence-electron chi connectivity index (χ1n) is 11.0. The number of thiophene rings is 1. The number of aryl methyl sites for hydroxylation is 1. The average Bonchev–Trinajstić information content (AvgIpc) is 3.00. The van der Waals surface area contributed by atoms with Gasteiger partial charge in [-0.25, -0.2) is 9.97 Å². The number of nitrogens with zero attached hydrogens (tertiary/aromatic N) is 8. The molecule has 3 aromatic heterocycles. The van der Waals surface area contributed by atoms with Crippen molar-refractivity contribution >= 4 is 39.3 Å². The molecule has 2 saturated heterocycles. The van der Waals surface area contributed by atoms with Crippen LogP contribution in [0.25, 0.3) is 10.2 Å². The van der Waals surface area contributed by atoms with Crippen LogP contribution in [-0.4, -0.2) is 71.3 Å². The van der Waals surface area contributed by atoms with Crippen molar-refractivity contribution in [3.63, 3.8) is 0 Å². The lowest BCUT2D eigenvalue weighted by Gasteiger charge is -2.35. The Hall–Kier alpha value is -2.75. The number of methoxy groups -OCH3 is 1. The van der Waals surface area contributed by atoms with E-state index in [2.05, 4.69) is 47.6 Å². The summed E-state index contributed by atoms with van der Waals surface area (Å²) in [5.74, 6) is 2.45. The minimum Gasteiger partial charge on any atom is -0.467 e. The van der Waals surface area contributed by atoms with Crippen LogP contribution in [0.5, 0.6) is 6.01 Å². The molecule has 0 N–H and O–H groups in total. The van der Waals surface area contributed by atoms with Crippen LogP contribution >= 0.6 is 11.3 Å². The highest BCUT2D eigenvalue weighted by Gasteiger charge is 2.24. The fraction of sp³-hybridized carbons (Fsp3) is 0.571. The Labute approximate surface area is 186 Å². The van der Waals surface area contributed by atoms with E-state index in [4.69, 9.17) is 9.72 Å². The summed E-state index contributed by atoms with van der Waals surface area (Å²) >= 11 is 1.71. The summed E-state index contributed by atoms with van der Waals surface area (Å²) in [6.07, 6.45) is 6.57. The number of rotatable bonds is 4. The average molecular weight is 441 g/mol. The summed E-state index contributed by atoms with van der Waals surface area (Å²) in [6, 6.07) is 2.57. The quantitative estimate of drug-likeness (QED) is 0.608. The van der Waals surface area contributed by atoms with Crippen molar-refractivity contribution in [1.82, 2.24) is 24.9 Å². The van der Waals surface area contributed by atoms with Crippen LogP contribution in [0.4, 0.5) is 17.7 Å². The van der Waals surface area contributed by atoms with Gasteiger partial charge in [0.1, 0.15) is 17.0 Å². The zero-order valence-electron chi connectivity index (χ0n) is 18.1. The molecule has 3 aromatic rings. The van der Waals surface area contributed by atoms with Crippen LogP contribution in [0.2, 0.25) is 0 Å². The molecule has 0 amide bonds. The molecule has 0 atom stereocenters. The van der Waals surface area contributed by atoms with E-state index in [0.29, 0.717) is 12.0 Å². The second-order valence-electron chi connectivity index (χ2n) is 8.07. The third-order valence-corrected chi connectivity index (χ3v) is 6.91. The van der Waals surface area contributed by atoms with Crippen molar-refractivity contribution in [2.75, 3.05) is 61.1 Å². The van der Waals surface area contributed by atoms with Crippen LogP contribution in [-0.2, 0) is 0 Å². The maximum atomic E-state index is 5.41. The molecule has 0 radical (unpaired) electrons. The predicted molar refractivity (Wildman–Crippen MR) is 124 cm³/mol. The summed E-state index contributed by atoms with van der Waals surface area (Å²) in [5.41, 5.74) is 0. The molecule has 0 spiro atoms. The second-order valence-corrected chi connectivity index (χ2v) is 9.31. The van der Waals surface area contributed by atoms with Gasteiger partial charge >= 0.3 is 6.01 Å². The van der Waals surface area contributed by atoms with E-state index < -0.39 is 0 Å². The zero-order valence-corrected chi connectivity index (χ0v) is 18.9. The molecule has 0 unspecified atom stereocenters. The summed E-state index contributed by atoms with van der Waals surface area (Å²) < 4.78 is 5.41. The summed E-state index contributed by atoms with van der Waals surface area (Å²) in [7, 11) is 1.62. The topological polar surface area (TPSA) is 83.4 Å². The lowest BCUT2D eigenvalue weighted by molar-refractivity contribution is 0.377. The molecule has 164 valence electrons. The maximum Gasteiger partial charge on any atom is 0.322 e. The van der Waals surface area contributed by atoms with Gasteiger partial charge in [0.15, 0.2) is 0 Å². The Bertz CT molecular complexity index is 1040. The molecule has 5 heterocycles. The highest BCUT2D eigenvalue weighted by Crippen LogP contribution is 2.30. The number of piperazine rings is 1. The molecule has 2 fully saturated rings. The second kappa shape index (κ2) is 8.78. The molecule has 2 aliphatic heterocycles. The fourth-order valence-electron chi connectivity index (χ4n) is 4.31. The van der Waals surface area contributed by atoms with E-state index in [1.165, 1.54) is 30.6 Å². The molecule has 2 aliphatic rings. The normalized spacial score (nSPS) is 17.8. The molecule has 0 aromatic carbocycles. The van der Waals surface area contributed by atoms with E-state index in [-0.39, 0.29) is 0 Å². The molecule has 0 aliphatic carbocycles. The van der Waals surface area contributed by atoms with Gasteiger partial charge in [0.2, 0.25) is 11.9 Å². The van der Waals surface area contributed by atoms with Gasteiger partial charge < -0.3 is 19.4 Å². The molecular formula is C21H28N8OS. The van der Waals surface area contributed by atoms with Crippen LogP contribution in [0.3, 0.4) is 0 Å². The first-order chi connectivity index (χ1) is 15.2. The number of anilines is 3. The Morgan fingerprint density at radius 1 is 0.806 bits per heavy atom. The van der Waals surface area contributed by atoms with Gasteiger partial charge in [-0.15, -0.1) is 11.3 Å². The maximum absolute atomic E-state index is 5.41. The largest absolute Gasteiger partial charge is 0.467 e. The van der Waals surface area contributed by atoms with Gasteiger partial charge in [0.25, 0.3) is 0 Å². The van der Waals surface area contributed by atoms with Gasteiger partial charge in [-0.05, 0) is 25.8 Å². The molecule has 31 heavy (non-hydrogen) atoms. The van der Waals surface area contributed by atoms with Crippen molar-refractivity contribution in [1.29, 1.82) is 0 Å². The first kappa shape index (κ1) is 20.2. The molecule has 0 saturated carbocycles. The lowest BCUT2D eigenvalue weighted by atomic mass is 10.2. The van der Waals surface area contributed by atoms with E-state index in [0.717, 1.165) is 61.3 Å². The van der Waals surface area contributed by atoms with Crippen molar-refractivity contribution in [2.45, 2.75) is 32.6 Å². The van der Waals surface area contributed by atoms with Crippen molar-refractivity contribution < 1.29 is 4.74 Å². The third kappa shape index (κ3) is 4.21. The lowest BCUT2D eigenvalue weighted by Crippen LogP contribution is -2.47. The van der Waals surface area contributed by atoms with E-state index in [1.54, 1.807) is 24.8 Å². The Morgan fingerprint density at radius 3 is 2.13 bits per heavy atom. The zero-order chi connectivity index (χ0) is 21.2. The molecule has 10 heteroatoms. The third-order valence-electron chi connectivity index (χ3n) is 5.96. The van der Waals surface area contributed by atoms with Crippen molar-refractivity contribution in [3.05, 3.63) is 17.3 Å². The van der Waals surface area contributed by atoms with Crippen LogP contribution < -0.4 is 19.4 Å². The van der Waals surface area contributed by atoms with Gasteiger partial charge in [-0.3, -0.25) is 0 Å². The SMILES string of the molecule is COc1nc(N2CCCCCC2)nc(N2CCN(c3ncnc4sc(C)cc34)CC2)n1. The smallest absolute Gasteiger partial charge is 0.322 e. The number of hydrogen-bond acceptors (Lipinski definition) is 10. The molecule has 9 nitrogen and oxygen atoms in total. The fourth-order valence-corrected chi connectivity index (χ4v) is 5.16. The van der Waals surface area contributed by atoms with E-state index in [1.807, 2.05) is 0 Å². The first-order valence-corrected chi connectivity index (χ1v) is 11.8. The number of aromatic nitrogens is 5. The van der Waals surface area contributed by atoms with E-state index >= 15 is 0 Å². The van der Waals surface area contributed by atoms with Crippen LogP contribution in [0.1, 0.15) is 30.6 Å². The summed E-state index contributed by atoms with van der Waals surface area (Å²) in [6.45, 7) is 7.45.